The standard InChI is InChI=1S/C24H27N5O2S/c1-18(2)12-14-29-22(17-31-20-9-4-3-5-10-20)27-28-24(29)32-15-13-23(30)26-21-11-7-6-8-19(21)16-25/h3-11,18H,12-15,17H2,1-2H3,(H,26,30). The van der Waals surface area contributed by atoms with Gasteiger partial charge >= 0.3 is 0 Å². The van der Waals surface area contributed by atoms with Gasteiger partial charge in [0.1, 0.15) is 18.4 Å². The fourth-order valence-electron chi connectivity index (χ4n) is 2.95. The van der Waals surface area contributed by atoms with Crippen molar-refractivity contribution in [2.24, 2.45) is 5.92 Å². The Morgan fingerprint density at radius 2 is 1.91 bits per heavy atom. The number of anilines is 1. The van der Waals surface area contributed by atoms with Crippen LogP contribution >= 0.6 is 11.8 Å². The maximum Gasteiger partial charge on any atom is 0.225 e. The highest BCUT2D eigenvalue weighted by atomic mass is 32.2. The number of ether oxygens (including phenoxy) is 1. The molecular formula is C24H27N5O2S. The first kappa shape index (κ1) is 23.4. The molecule has 166 valence electrons. The first-order valence-electron chi connectivity index (χ1n) is 10.6. The number of amides is 1. The van der Waals surface area contributed by atoms with Crippen LogP contribution in [0.2, 0.25) is 0 Å². The van der Waals surface area contributed by atoms with E-state index in [4.69, 9.17) is 10.00 Å². The van der Waals surface area contributed by atoms with E-state index in [-0.39, 0.29) is 5.91 Å². The Morgan fingerprint density at radius 1 is 1.16 bits per heavy atom. The highest BCUT2D eigenvalue weighted by molar-refractivity contribution is 7.99. The van der Waals surface area contributed by atoms with Crippen LogP contribution in [0.15, 0.2) is 59.8 Å². The first-order chi connectivity index (χ1) is 15.6. The van der Waals surface area contributed by atoms with E-state index in [1.165, 1.54) is 11.8 Å². The zero-order valence-electron chi connectivity index (χ0n) is 18.3. The van der Waals surface area contributed by atoms with Gasteiger partial charge in [-0.25, -0.2) is 0 Å². The van der Waals surface area contributed by atoms with Crippen LogP contribution in [0.1, 0.15) is 38.1 Å². The summed E-state index contributed by atoms with van der Waals surface area (Å²) in [6, 6.07) is 18.7. The molecule has 3 rings (SSSR count). The molecule has 1 heterocycles. The van der Waals surface area contributed by atoms with Crippen molar-refractivity contribution < 1.29 is 9.53 Å². The van der Waals surface area contributed by atoms with E-state index < -0.39 is 0 Å². The summed E-state index contributed by atoms with van der Waals surface area (Å²) >= 11 is 1.50. The molecule has 0 aliphatic carbocycles. The number of carbonyl (C=O) groups excluding carboxylic acids is 1. The Labute approximate surface area is 192 Å². The van der Waals surface area contributed by atoms with E-state index in [1.54, 1.807) is 24.3 Å². The smallest absolute Gasteiger partial charge is 0.225 e. The average molecular weight is 450 g/mol. The van der Waals surface area contributed by atoms with E-state index in [2.05, 4.69) is 40.0 Å². The molecular weight excluding hydrogens is 422 g/mol. The predicted molar refractivity (Wildman–Crippen MR) is 125 cm³/mol. The molecule has 8 heteroatoms. The number of nitrogens with zero attached hydrogens (tertiary/aromatic N) is 4. The van der Waals surface area contributed by atoms with Crippen molar-refractivity contribution in [1.29, 1.82) is 5.26 Å². The van der Waals surface area contributed by atoms with Gasteiger partial charge in [0.05, 0.1) is 11.3 Å². The normalized spacial score (nSPS) is 10.7. The monoisotopic (exact) mass is 449 g/mol. The molecule has 0 radical (unpaired) electrons. The van der Waals surface area contributed by atoms with Crippen LogP contribution in [-0.2, 0) is 17.9 Å². The molecule has 0 spiro atoms. The minimum absolute atomic E-state index is 0.138. The summed E-state index contributed by atoms with van der Waals surface area (Å²) in [6.07, 6.45) is 1.30. The number of carbonyl (C=O) groups is 1. The largest absolute Gasteiger partial charge is 0.486 e. The number of thioether (sulfide) groups is 1. The zero-order valence-corrected chi connectivity index (χ0v) is 19.1. The van der Waals surface area contributed by atoms with Crippen LogP contribution in [0.4, 0.5) is 5.69 Å². The van der Waals surface area contributed by atoms with Gasteiger partial charge in [0.25, 0.3) is 0 Å². The first-order valence-corrected chi connectivity index (χ1v) is 11.6. The quantitative estimate of drug-likeness (QED) is 0.419. The highest BCUT2D eigenvalue weighted by Gasteiger charge is 2.15. The van der Waals surface area contributed by atoms with E-state index >= 15 is 0 Å². The summed E-state index contributed by atoms with van der Waals surface area (Å²) in [5.41, 5.74) is 0.982. The summed E-state index contributed by atoms with van der Waals surface area (Å²) in [7, 11) is 0. The fourth-order valence-corrected chi connectivity index (χ4v) is 3.87. The molecule has 0 saturated carbocycles. The molecule has 2 aromatic carbocycles. The van der Waals surface area contributed by atoms with Crippen molar-refractivity contribution in [2.45, 2.75) is 45.0 Å². The Hall–Kier alpha value is -3.31. The van der Waals surface area contributed by atoms with Crippen molar-refractivity contribution >= 4 is 23.4 Å². The van der Waals surface area contributed by atoms with Crippen molar-refractivity contribution in [1.82, 2.24) is 14.8 Å². The van der Waals surface area contributed by atoms with Crippen molar-refractivity contribution in [2.75, 3.05) is 11.1 Å². The number of hydrogen-bond acceptors (Lipinski definition) is 6. The van der Waals surface area contributed by atoms with Crippen molar-refractivity contribution in [3.8, 4) is 11.8 Å². The van der Waals surface area contributed by atoms with E-state index in [1.807, 2.05) is 30.3 Å². The minimum atomic E-state index is -0.138. The van der Waals surface area contributed by atoms with E-state index in [0.717, 1.165) is 29.7 Å². The van der Waals surface area contributed by atoms with Crippen LogP contribution in [0.3, 0.4) is 0 Å². The maximum atomic E-state index is 12.3. The summed E-state index contributed by atoms with van der Waals surface area (Å²) in [5.74, 6) is 2.52. The second kappa shape index (κ2) is 11.9. The third kappa shape index (κ3) is 6.86. The van der Waals surface area contributed by atoms with Crippen molar-refractivity contribution in [3.05, 3.63) is 66.0 Å². The lowest BCUT2D eigenvalue weighted by Crippen LogP contribution is -2.14. The highest BCUT2D eigenvalue weighted by Crippen LogP contribution is 2.21. The molecule has 0 unspecified atom stereocenters. The molecule has 0 aliphatic heterocycles. The molecule has 3 aromatic rings. The second-order valence-corrected chi connectivity index (χ2v) is 8.70. The van der Waals surface area contributed by atoms with Gasteiger partial charge in [-0.15, -0.1) is 10.2 Å². The lowest BCUT2D eigenvalue weighted by Gasteiger charge is -2.12. The Kier molecular flexibility index (Phi) is 8.70. The molecule has 0 aliphatic rings. The molecule has 0 saturated heterocycles. The summed E-state index contributed by atoms with van der Waals surface area (Å²) in [5, 5.41) is 21.4. The number of para-hydroxylation sites is 2. The summed E-state index contributed by atoms with van der Waals surface area (Å²) < 4.78 is 7.94. The van der Waals surface area contributed by atoms with E-state index in [0.29, 0.717) is 35.9 Å². The average Bonchev–Trinajstić information content (AvgIpc) is 3.19. The molecule has 1 aromatic heterocycles. The van der Waals surface area contributed by atoms with E-state index in [9.17, 15) is 4.79 Å². The molecule has 1 N–H and O–H groups in total. The number of hydrogen-bond donors (Lipinski definition) is 1. The van der Waals surface area contributed by atoms with Gasteiger partial charge in [-0.2, -0.15) is 5.26 Å². The van der Waals surface area contributed by atoms with Crippen molar-refractivity contribution in [3.63, 3.8) is 0 Å². The molecule has 32 heavy (non-hydrogen) atoms. The van der Waals surface area contributed by atoms with Crippen LogP contribution in [-0.4, -0.2) is 26.4 Å². The minimum Gasteiger partial charge on any atom is -0.486 e. The van der Waals surface area contributed by atoms with Gasteiger partial charge in [-0.3, -0.25) is 4.79 Å². The van der Waals surface area contributed by atoms with Gasteiger partial charge in [0, 0.05) is 18.7 Å². The third-order valence-electron chi connectivity index (χ3n) is 4.72. The van der Waals surface area contributed by atoms with Gasteiger partial charge in [-0.1, -0.05) is 55.9 Å². The SMILES string of the molecule is CC(C)CCn1c(COc2ccccc2)nnc1SCCC(=O)Nc1ccccc1C#N. The van der Waals surface area contributed by atoms with Gasteiger partial charge in [0.15, 0.2) is 11.0 Å². The summed E-state index contributed by atoms with van der Waals surface area (Å²) in [4.78, 5) is 12.3. The molecule has 0 atom stereocenters. The van der Waals surface area contributed by atoms with Gasteiger partial charge in [0.2, 0.25) is 5.91 Å². The molecule has 0 bridgehead atoms. The topological polar surface area (TPSA) is 92.8 Å². The summed E-state index contributed by atoms with van der Waals surface area (Å²) in [6.45, 7) is 5.49. The third-order valence-corrected chi connectivity index (χ3v) is 5.69. The Bertz CT molecular complexity index is 1060. The number of rotatable bonds is 11. The number of benzene rings is 2. The molecule has 1 amide bonds. The molecule has 0 fully saturated rings. The van der Waals surface area contributed by atoms with Gasteiger partial charge < -0.3 is 14.6 Å². The maximum absolute atomic E-state index is 12.3. The van der Waals surface area contributed by atoms with Crippen LogP contribution in [0, 0.1) is 17.2 Å². The Balaban J connectivity index is 1.59. The molecule has 7 nitrogen and oxygen atoms in total. The predicted octanol–water partition coefficient (Wildman–Crippen LogP) is 4.90. The lowest BCUT2D eigenvalue weighted by atomic mass is 10.1. The Morgan fingerprint density at radius 3 is 2.66 bits per heavy atom. The number of aromatic nitrogens is 3. The zero-order chi connectivity index (χ0) is 22.8. The number of nitrogens with one attached hydrogen (secondary N) is 1. The lowest BCUT2D eigenvalue weighted by molar-refractivity contribution is -0.115. The second-order valence-electron chi connectivity index (χ2n) is 7.64. The van der Waals surface area contributed by atoms with Gasteiger partial charge in [-0.05, 0) is 36.6 Å². The van der Waals surface area contributed by atoms with Crippen LogP contribution in [0.25, 0.3) is 0 Å². The van der Waals surface area contributed by atoms with Crippen LogP contribution < -0.4 is 10.1 Å². The van der Waals surface area contributed by atoms with Crippen LogP contribution in [0.5, 0.6) is 5.75 Å². The number of nitriles is 1. The fraction of sp³-hybridized carbons (Fsp3) is 0.333.